The van der Waals surface area contributed by atoms with Gasteiger partial charge in [0.2, 0.25) is 11.8 Å². The Hall–Kier alpha value is -2.67. The van der Waals surface area contributed by atoms with Gasteiger partial charge in [0.1, 0.15) is 0 Å². The molecule has 2 aromatic rings. The number of aryl methyl sites for hydroxylation is 2. The van der Waals surface area contributed by atoms with Gasteiger partial charge in [0.05, 0.1) is 11.5 Å². The number of rotatable bonds is 6. The number of hydrogen-bond donors (Lipinski definition) is 0. The van der Waals surface area contributed by atoms with Gasteiger partial charge in [-0.15, -0.1) is 11.8 Å². The van der Waals surface area contributed by atoms with E-state index >= 15 is 0 Å². The number of benzene rings is 2. The maximum atomic E-state index is 12.7. The van der Waals surface area contributed by atoms with Crippen LogP contribution in [0.4, 0.5) is 11.4 Å². The number of piperazine rings is 2. The fourth-order valence-electron chi connectivity index (χ4n) is 4.64. The van der Waals surface area contributed by atoms with Crippen molar-refractivity contribution in [1.82, 2.24) is 9.80 Å². The Bertz CT molecular complexity index is 889. The molecule has 0 radical (unpaired) electrons. The highest BCUT2D eigenvalue weighted by Crippen LogP contribution is 2.22. The summed E-state index contributed by atoms with van der Waals surface area (Å²) in [7, 11) is 0. The summed E-state index contributed by atoms with van der Waals surface area (Å²) in [6, 6.07) is 16.8. The van der Waals surface area contributed by atoms with Gasteiger partial charge < -0.3 is 19.6 Å². The molecule has 4 rings (SSSR count). The zero-order chi connectivity index (χ0) is 23.2. The van der Waals surface area contributed by atoms with Gasteiger partial charge in [0, 0.05) is 63.7 Å². The van der Waals surface area contributed by atoms with Crippen LogP contribution in [0.1, 0.15) is 11.1 Å². The Balaban J connectivity index is 1.16. The molecule has 0 saturated carbocycles. The molecule has 2 aromatic carbocycles. The minimum Gasteiger partial charge on any atom is -0.368 e. The molecule has 0 unspecified atom stereocenters. The molecule has 33 heavy (non-hydrogen) atoms. The normalized spacial score (nSPS) is 16.8. The van der Waals surface area contributed by atoms with E-state index in [9.17, 15) is 9.59 Å². The first-order valence-electron chi connectivity index (χ1n) is 11.8. The SMILES string of the molecule is Cc1ccccc1N1CCN(C(=O)CSCC(=O)N2CCN(c3ccccc3C)CC2)CC1. The molecule has 2 aliphatic heterocycles. The average molecular weight is 467 g/mol. The fraction of sp³-hybridized carbons (Fsp3) is 0.462. The molecule has 7 heteroatoms. The predicted octanol–water partition coefficient (Wildman–Crippen LogP) is 3.03. The predicted molar refractivity (Wildman–Crippen MR) is 137 cm³/mol. The van der Waals surface area contributed by atoms with Gasteiger partial charge in [-0.2, -0.15) is 0 Å². The summed E-state index contributed by atoms with van der Waals surface area (Å²) in [5, 5.41) is 0. The Kier molecular flexibility index (Phi) is 7.81. The zero-order valence-corrected chi connectivity index (χ0v) is 20.5. The van der Waals surface area contributed by atoms with Crippen molar-refractivity contribution in [2.75, 3.05) is 73.7 Å². The van der Waals surface area contributed by atoms with E-state index < -0.39 is 0 Å². The van der Waals surface area contributed by atoms with Gasteiger partial charge in [-0.25, -0.2) is 0 Å². The summed E-state index contributed by atoms with van der Waals surface area (Å²) in [5.41, 5.74) is 5.05. The van der Waals surface area contributed by atoms with Crippen molar-refractivity contribution >= 4 is 35.0 Å². The molecular formula is C26H34N4O2S. The summed E-state index contributed by atoms with van der Waals surface area (Å²) < 4.78 is 0. The van der Waals surface area contributed by atoms with Gasteiger partial charge in [-0.1, -0.05) is 36.4 Å². The molecule has 2 heterocycles. The average Bonchev–Trinajstić information content (AvgIpc) is 2.85. The van der Waals surface area contributed by atoms with E-state index in [-0.39, 0.29) is 11.8 Å². The largest absolute Gasteiger partial charge is 0.368 e. The van der Waals surface area contributed by atoms with Gasteiger partial charge >= 0.3 is 0 Å². The molecular weight excluding hydrogens is 432 g/mol. The molecule has 0 N–H and O–H groups in total. The fourth-order valence-corrected chi connectivity index (χ4v) is 5.45. The standard InChI is InChI=1S/C26H34N4O2S/c1-21-7-3-5-9-23(21)27-11-15-29(16-12-27)25(31)19-33-20-26(32)30-17-13-28(14-18-30)24-10-6-4-8-22(24)2/h3-10H,11-20H2,1-2H3. The van der Waals surface area contributed by atoms with Crippen LogP contribution in [0.2, 0.25) is 0 Å². The minimum atomic E-state index is 0.140. The second-order valence-electron chi connectivity index (χ2n) is 8.80. The van der Waals surface area contributed by atoms with Crippen molar-refractivity contribution < 1.29 is 9.59 Å². The van der Waals surface area contributed by atoms with Gasteiger partial charge in [0.25, 0.3) is 0 Å². The first kappa shape index (κ1) is 23.5. The minimum absolute atomic E-state index is 0.140. The Morgan fingerprint density at radius 1 is 0.636 bits per heavy atom. The molecule has 0 bridgehead atoms. The number of thioether (sulfide) groups is 1. The Morgan fingerprint density at radius 3 is 1.36 bits per heavy atom. The number of hydrogen-bond acceptors (Lipinski definition) is 5. The van der Waals surface area contributed by atoms with Crippen LogP contribution in [-0.2, 0) is 9.59 Å². The number of carbonyl (C=O) groups is 2. The summed E-state index contributed by atoms with van der Waals surface area (Å²) in [4.78, 5) is 33.9. The third kappa shape index (κ3) is 5.82. The van der Waals surface area contributed by atoms with Gasteiger partial charge in [-0.05, 0) is 37.1 Å². The maximum absolute atomic E-state index is 12.7. The van der Waals surface area contributed by atoms with Crippen LogP contribution in [0.25, 0.3) is 0 Å². The second-order valence-corrected chi connectivity index (χ2v) is 9.79. The lowest BCUT2D eigenvalue weighted by Gasteiger charge is -2.37. The molecule has 6 nitrogen and oxygen atoms in total. The second kappa shape index (κ2) is 11.0. The van der Waals surface area contributed by atoms with E-state index in [4.69, 9.17) is 0 Å². The summed E-state index contributed by atoms with van der Waals surface area (Å²) >= 11 is 1.45. The van der Waals surface area contributed by atoms with E-state index in [1.54, 1.807) is 0 Å². The van der Waals surface area contributed by atoms with Crippen molar-refractivity contribution in [1.29, 1.82) is 0 Å². The number of para-hydroxylation sites is 2. The van der Waals surface area contributed by atoms with Crippen LogP contribution >= 0.6 is 11.8 Å². The van der Waals surface area contributed by atoms with Crippen LogP contribution in [0, 0.1) is 13.8 Å². The number of amides is 2. The molecule has 2 saturated heterocycles. The van der Waals surface area contributed by atoms with E-state index in [1.165, 1.54) is 34.3 Å². The van der Waals surface area contributed by atoms with E-state index in [0.29, 0.717) is 11.5 Å². The number of anilines is 2. The summed E-state index contributed by atoms with van der Waals surface area (Å²) in [6.45, 7) is 10.6. The maximum Gasteiger partial charge on any atom is 0.232 e. The third-order valence-corrected chi connectivity index (χ3v) is 7.53. The highest BCUT2D eigenvalue weighted by atomic mass is 32.2. The molecule has 0 aromatic heterocycles. The lowest BCUT2D eigenvalue weighted by atomic mass is 10.1. The molecule has 2 amide bonds. The van der Waals surface area contributed by atoms with Crippen LogP contribution in [0.15, 0.2) is 48.5 Å². The third-order valence-electron chi connectivity index (χ3n) is 6.63. The highest BCUT2D eigenvalue weighted by Gasteiger charge is 2.24. The van der Waals surface area contributed by atoms with Crippen molar-refractivity contribution in [3.8, 4) is 0 Å². The first-order chi connectivity index (χ1) is 16.0. The molecule has 176 valence electrons. The van der Waals surface area contributed by atoms with E-state index in [1.807, 2.05) is 9.80 Å². The highest BCUT2D eigenvalue weighted by molar-refractivity contribution is 8.00. The Morgan fingerprint density at radius 2 is 1.00 bits per heavy atom. The monoisotopic (exact) mass is 466 g/mol. The van der Waals surface area contributed by atoms with Crippen LogP contribution in [-0.4, -0.2) is 85.5 Å². The molecule has 0 aliphatic carbocycles. The van der Waals surface area contributed by atoms with Crippen LogP contribution < -0.4 is 9.80 Å². The molecule has 2 aliphatic rings. The van der Waals surface area contributed by atoms with Crippen LogP contribution in [0.3, 0.4) is 0 Å². The van der Waals surface area contributed by atoms with E-state index in [2.05, 4.69) is 72.2 Å². The van der Waals surface area contributed by atoms with Crippen molar-refractivity contribution in [3.05, 3.63) is 59.7 Å². The zero-order valence-electron chi connectivity index (χ0n) is 19.7. The van der Waals surface area contributed by atoms with Gasteiger partial charge in [-0.3, -0.25) is 9.59 Å². The number of nitrogens with zero attached hydrogens (tertiary/aromatic N) is 4. The van der Waals surface area contributed by atoms with Gasteiger partial charge in [0.15, 0.2) is 0 Å². The van der Waals surface area contributed by atoms with Crippen molar-refractivity contribution in [3.63, 3.8) is 0 Å². The lowest BCUT2D eigenvalue weighted by molar-refractivity contribution is -0.128. The number of carbonyl (C=O) groups excluding carboxylic acids is 2. The van der Waals surface area contributed by atoms with Crippen molar-refractivity contribution in [2.24, 2.45) is 0 Å². The molecule has 2 fully saturated rings. The smallest absolute Gasteiger partial charge is 0.232 e. The quantitative estimate of drug-likeness (QED) is 0.655. The lowest BCUT2D eigenvalue weighted by Crippen LogP contribution is -2.50. The summed E-state index contributed by atoms with van der Waals surface area (Å²) in [5.74, 6) is 1.03. The molecule has 0 atom stereocenters. The summed E-state index contributed by atoms with van der Waals surface area (Å²) in [6.07, 6.45) is 0. The first-order valence-corrected chi connectivity index (χ1v) is 12.9. The van der Waals surface area contributed by atoms with Crippen LogP contribution in [0.5, 0.6) is 0 Å². The van der Waals surface area contributed by atoms with E-state index in [0.717, 1.165) is 52.4 Å². The van der Waals surface area contributed by atoms with Crippen molar-refractivity contribution in [2.45, 2.75) is 13.8 Å². The topological polar surface area (TPSA) is 47.1 Å². The molecule has 0 spiro atoms. The Labute approximate surface area is 201 Å².